The summed E-state index contributed by atoms with van der Waals surface area (Å²) in [5.41, 5.74) is 2.02. The van der Waals surface area contributed by atoms with Crippen LogP contribution in [0.1, 0.15) is 33.1 Å². The summed E-state index contributed by atoms with van der Waals surface area (Å²) in [6.07, 6.45) is 5.41. The third kappa shape index (κ3) is 5.99. The van der Waals surface area contributed by atoms with Crippen LogP contribution in [0.15, 0.2) is 30.5 Å². The number of unbranched alkanes of at least 4 members (excludes halogenated alkanes) is 2. The topological polar surface area (TPSA) is 37.0 Å². The maximum atomic E-state index is 6.16. The van der Waals surface area contributed by atoms with E-state index in [2.05, 4.69) is 29.5 Å². The molecule has 0 saturated carbocycles. The Hall–Kier alpha value is -1.03. The Morgan fingerprint density at radius 3 is 2.68 bits per heavy atom. The normalized spacial score (nSPS) is 10.7. The van der Waals surface area contributed by atoms with Gasteiger partial charge in [0.05, 0.1) is 11.2 Å². The quantitative estimate of drug-likeness (QED) is 0.671. The van der Waals surface area contributed by atoms with Crippen LogP contribution < -0.4 is 10.6 Å². The minimum absolute atomic E-state index is 0. The van der Waals surface area contributed by atoms with Gasteiger partial charge in [-0.1, -0.05) is 37.9 Å². The third-order valence-corrected chi connectivity index (χ3v) is 3.61. The number of anilines is 1. The zero-order valence-corrected chi connectivity index (χ0v) is 14.8. The molecule has 0 aliphatic heterocycles. The lowest BCUT2D eigenvalue weighted by Crippen LogP contribution is -2.23. The Balaban J connectivity index is 0.00000242. The van der Waals surface area contributed by atoms with Crippen LogP contribution in [0.4, 0.5) is 5.69 Å². The number of hydrogen-bond donors (Lipinski definition) is 2. The summed E-state index contributed by atoms with van der Waals surface area (Å²) < 4.78 is 0. The molecule has 2 aromatic rings. The fourth-order valence-electron chi connectivity index (χ4n) is 2.33. The molecule has 0 aliphatic carbocycles. The molecule has 0 radical (unpaired) electrons. The molecule has 0 bridgehead atoms. The lowest BCUT2D eigenvalue weighted by atomic mass is 10.2. The minimum atomic E-state index is 0. The third-order valence-electron chi connectivity index (χ3n) is 3.39. The number of fused-ring (bicyclic) bond motifs is 1. The van der Waals surface area contributed by atoms with Gasteiger partial charge in [-0.3, -0.25) is 4.98 Å². The van der Waals surface area contributed by atoms with Crippen LogP contribution in [0.5, 0.6) is 0 Å². The van der Waals surface area contributed by atoms with Gasteiger partial charge in [0.15, 0.2) is 0 Å². The molecule has 0 spiro atoms. The van der Waals surface area contributed by atoms with Crippen molar-refractivity contribution in [1.29, 1.82) is 0 Å². The first kappa shape index (κ1) is 19.0. The van der Waals surface area contributed by atoms with Gasteiger partial charge in [-0.2, -0.15) is 0 Å². The van der Waals surface area contributed by atoms with Crippen molar-refractivity contribution in [1.82, 2.24) is 10.3 Å². The van der Waals surface area contributed by atoms with E-state index >= 15 is 0 Å². The van der Waals surface area contributed by atoms with E-state index < -0.39 is 0 Å². The van der Waals surface area contributed by atoms with Crippen LogP contribution in [0.25, 0.3) is 10.9 Å². The SMILES string of the molecule is CC(C)NCCCCCNc1cc(Cl)cc2cccnc12.Cl. The van der Waals surface area contributed by atoms with E-state index in [4.69, 9.17) is 11.6 Å². The Labute approximate surface area is 144 Å². The molecule has 22 heavy (non-hydrogen) atoms. The molecule has 0 fully saturated rings. The summed E-state index contributed by atoms with van der Waals surface area (Å²) in [6.45, 7) is 6.41. The van der Waals surface area contributed by atoms with E-state index in [0.717, 1.165) is 41.1 Å². The number of nitrogens with one attached hydrogen (secondary N) is 2. The number of aromatic nitrogens is 1. The van der Waals surface area contributed by atoms with E-state index in [1.54, 1.807) is 0 Å². The van der Waals surface area contributed by atoms with Crippen LogP contribution in [-0.2, 0) is 0 Å². The lowest BCUT2D eigenvalue weighted by molar-refractivity contribution is 0.552. The Morgan fingerprint density at radius 2 is 1.91 bits per heavy atom. The predicted molar refractivity (Wildman–Crippen MR) is 99.5 cm³/mol. The number of pyridine rings is 1. The number of benzene rings is 1. The van der Waals surface area contributed by atoms with E-state index in [1.807, 2.05) is 30.5 Å². The minimum Gasteiger partial charge on any atom is -0.383 e. The van der Waals surface area contributed by atoms with Crippen molar-refractivity contribution in [3.8, 4) is 0 Å². The van der Waals surface area contributed by atoms with Gasteiger partial charge in [-0.15, -0.1) is 12.4 Å². The summed E-state index contributed by atoms with van der Waals surface area (Å²) in [7, 11) is 0. The van der Waals surface area contributed by atoms with Gasteiger partial charge < -0.3 is 10.6 Å². The molecule has 2 N–H and O–H groups in total. The molecule has 0 unspecified atom stereocenters. The van der Waals surface area contributed by atoms with Gasteiger partial charge in [0, 0.05) is 29.2 Å². The Morgan fingerprint density at radius 1 is 1.14 bits per heavy atom. The van der Waals surface area contributed by atoms with E-state index in [9.17, 15) is 0 Å². The van der Waals surface area contributed by atoms with Gasteiger partial charge in [-0.25, -0.2) is 0 Å². The molecule has 122 valence electrons. The first-order chi connectivity index (χ1) is 10.2. The van der Waals surface area contributed by atoms with Crippen molar-refractivity contribution >= 4 is 40.6 Å². The van der Waals surface area contributed by atoms with Gasteiger partial charge >= 0.3 is 0 Å². The molecule has 0 aliphatic rings. The summed E-state index contributed by atoms with van der Waals surface area (Å²) in [5.74, 6) is 0. The fraction of sp³-hybridized carbons (Fsp3) is 0.471. The number of rotatable bonds is 8. The molecular formula is C17H25Cl2N3. The van der Waals surface area contributed by atoms with E-state index in [0.29, 0.717) is 6.04 Å². The van der Waals surface area contributed by atoms with Crippen molar-refractivity contribution in [3.63, 3.8) is 0 Å². The number of hydrogen-bond acceptors (Lipinski definition) is 3. The van der Waals surface area contributed by atoms with Crippen molar-refractivity contribution in [2.75, 3.05) is 18.4 Å². The molecule has 1 aromatic carbocycles. The van der Waals surface area contributed by atoms with Crippen molar-refractivity contribution in [2.45, 2.75) is 39.2 Å². The second kappa shape index (κ2) is 9.88. The van der Waals surface area contributed by atoms with Crippen molar-refractivity contribution < 1.29 is 0 Å². The van der Waals surface area contributed by atoms with Gasteiger partial charge in [0.25, 0.3) is 0 Å². The summed E-state index contributed by atoms with van der Waals surface area (Å²) >= 11 is 6.16. The summed E-state index contributed by atoms with van der Waals surface area (Å²) in [5, 5.41) is 8.73. The molecule has 0 atom stereocenters. The van der Waals surface area contributed by atoms with Crippen LogP contribution in [-0.4, -0.2) is 24.1 Å². The molecule has 0 amide bonds. The molecule has 0 saturated heterocycles. The van der Waals surface area contributed by atoms with Crippen LogP contribution in [0, 0.1) is 0 Å². The standard InChI is InChI=1S/C17H24ClN3.ClH/c1-13(2)19-8-4-3-5-9-20-16-12-15(18)11-14-7-6-10-21-17(14)16;/h6-7,10-13,19-20H,3-5,8-9H2,1-2H3;1H. The largest absolute Gasteiger partial charge is 0.383 e. The molecular weight excluding hydrogens is 317 g/mol. The van der Waals surface area contributed by atoms with Crippen LogP contribution >= 0.6 is 24.0 Å². The molecule has 1 aromatic heterocycles. The summed E-state index contributed by atoms with van der Waals surface area (Å²) in [6, 6.07) is 8.46. The maximum Gasteiger partial charge on any atom is 0.0934 e. The number of nitrogens with zero attached hydrogens (tertiary/aromatic N) is 1. The smallest absolute Gasteiger partial charge is 0.0934 e. The second-order valence-electron chi connectivity index (χ2n) is 5.62. The predicted octanol–water partition coefficient (Wildman–Crippen LogP) is 4.89. The highest BCUT2D eigenvalue weighted by Gasteiger charge is 2.03. The van der Waals surface area contributed by atoms with Gasteiger partial charge in [-0.05, 0) is 37.6 Å². The number of halogens is 2. The van der Waals surface area contributed by atoms with Crippen LogP contribution in [0.2, 0.25) is 5.02 Å². The Bertz CT molecular complexity index is 573. The maximum absolute atomic E-state index is 6.16. The second-order valence-corrected chi connectivity index (χ2v) is 6.06. The first-order valence-electron chi connectivity index (χ1n) is 7.68. The van der Waals surface area contributed by atoms with E-state index in [1.165, 1.54) is 12.8 Å². The average molecular weight is 342 g/mol. The van der Waals surface area contributed by atoms with Gasteiger partial charge in [0.2, 0.25) is 0 Å². The lowest BCUT2D eigenvalue weighted by Gasteiger charge is -2.10. The summed E-state index contributed by atoms with van der Waals surface area (Å²) in [4.78, 5) is 4.44. The zero-order valence-electron chi connectivity index (χ0n) is 13.2. The highest BCUT2D eigenvalue weighted by molar-refractivity contribution is 6.31. The molecule has 3 nitrogen and oxygen atoms in total. The van der Waals surface area contributed by atoms with Gasteiger partial charge in [0.1, 0.15) is 0 Å². The molecule has 5 heteroatoms. The van der Waals surface area contributed by atoms with Crippen molar-refractivity contribution in [3.05, 3.63) is 35.5 Å². The fourth-order valence-corrected chi connectivity index (χ4v) is 2.56. The highest BCUT2D eigenvalue weighted by atomic mass is 35.5. The average Bonchev–Trinajstić information content (AvgIpc) is 2.45. The molecule has 1 heterocycles. The zero-order chi connectivity index (χ0) is 15.1. The molecule has 2 rings (SSSR count). The first-order valence-corrected chi connectivity index (χ1v) is 8.06. The van der Waals surface area contributed by atoms with Crippen molar-refractivity contribution in [2.24, 2.45) is 0 Å². The highest BCUT2D eigenvalue weighted by Crippen LogP contribution is 2.26. The van der Waals surface area contributed by atoms with Crippen LogP contribution in [0.3, 0.4) is 0 Å². The monoisotopic (exact) mass is 341 g/mol. The van der Waals surface area contributed by atoms with E-state index in [-0.39, 0.29) is 12.4 Å². The Kier molecular flexibility index (Phi) is 8.54.